The molecule has 0 bridgehead atoms. The highest BCUT2D eigenvalue weighted by Crippen LogP contribution is 2.22. The Morgan fingerprint density at radius 3 is 2.72 bits per heavy atom. The Morgan fingerprint density at radius 2 is 2.21 bits per heavy atom. The van der Waals surface area contributed by atoms with Gasteiger partial charge in [-0.25, -0.2) is 22.1 Å². The Bertz CT molecular complexity index is 810. The van der Waals surface area contributed by atoms with E-state index in [0.29, 0.717) is 19.2 Å². The van der Waals surface area contributed by atoms with Gasteiger partial charge in [0.05, 0.1) is 12.5 Å². The lowest BCUT2D eigenvalue weighted by Crippen LogP contribution is -2.35. The molecule has 1 amide bonds. The van der Waals surface area contributed by atoms with Crippen molar-refractivity contribution >= 4 is 15.9 Å². The van der Waals surface area contributed by atoms with Gasteiger partial charge in [0.2, 0.25) is 21.8 Å². The van der Waals surface area contributed by atoms with Gasteiger partial charge in [-0.3, -0.25) is 4.79 Å². The first kappa shape index (κ1) is 23.2. The minimum atomic E-state index is -3.74. The number of carbonyl (C=O) groups is 1. The molecule has 1 saturated carbocycles. The standard InChI is InChI=1S/C19H29FN4O4S/c1-3-15(19(25)23-16-4-5-16)8-9-24(2)29(26,27)17-6-7-18(22-12-17)28-13-14(10-20)11-21/h6-7,10,12,15-16H,3-5,8-9,11,13,21H2,1-2H3,(H,23,25)/b14-10+. The molecule has 1 aromatic rings. The largest absolute Gasteiger partial charge is 0.473 e. The molecule has 0 radical (unpaired) electrons. The van der Waals surface area contributed by atoms with E-state index in [9.17, 15) is 17.6 Å². The fraction of sp³-hybridized carbons (Fsp3) is 0.579. The van der Waals surface area contributed by atoms with E-state index < -0.39 is 10.0 Å². The van der Waals surface area contributed by atoms with E-state index in [-0.39, 0.29) is 53.9 Å². The number of nitrogens with zero attached hydrogens (tertiary/aromatic N) is 2. The van der Waals surface area contributed by atoms with E-state index in [4.69, 9.17) is 10.5 Å². The summed E-state index contributed by atoms with van der Waals surface area (Å²) in [5.74, 6) is -0.0622. The summed E-state index contributed by atoms with van der Waals surface area (Å²) in [5, 5.41) is 2.97. The number of hydrogen-bond acceptors (Lipinski definition) is 6. The number of nitrogens with two attached hydrogens (primary N) is 1. The van der Waals surface area contributed by atoms with Crippen LogP contribution in [-0.2, 0) is 14.8 Å². The summed E-state index contributed by atoms with van der Waals surface area (Å²) in [6.07, 6.45) is 4.69. The molecule has 0 spiro atoms. The molecule has 2 rings (SSSR count). The number of aromatic nitrogens is 1. The molecule has 0 saturated heterocycles. The van der Waals surface area contributed by atoms with Crippen molar-refractivity contribution in [3.63, 3.8) is 0 Å². The van der Waals surface area contributed by atoms with E-state index in [1.54, 1.807) is 0 Å². The maximum atomic E-state index is 12.7. The van der Waals surface area contributed by atoms with Crippen LogP contribution in [0.1, 0.15) is 32.6 Å². The highest BCUT2D eigenvalue weighted by atomic mass is 32.2. The predicted molar refractivity (Wildman–Crippen MR) is 107 cm³/mol. The normalized spacial score (nSPS) is 16.0. The molecule has 3 N–H and O–H groups in total. The van der Waals surface area contributed by atoms with Gasteiger partial charge in [0.1, 0.15) is 11.5 Å². The van der Waals surface area contributed by atoms with Crippen molar-refractivity contribution in [3.8, 4) is 5.88 Å². The topological polar surface area (TPSA) is 115 Å². The van der Waals surface area contributed by atoms with Crippen LogP contribution in [0.2, 0.25) is 0 Å². The zero-order chi connectivity index (χ0) is 21.4. The fourth-order valence-corrected chi connectivity index (χ4v) is 3.74. The highest BCUT2D eigenvalue weighted by molar-refractivity contribution is 7.89. The van der Waals surface area contributed by atoms with Crippen LogP contribution in [0.5, 0.6) is 5.88 Å². The Hall–Kier alpha value is -2.04. The lowest BCUT2D eigenvalue weighted by Gasteiger charge is -2.20. The van der Waals surface area contributed by atoms with Crippen molar-refractivity contribution in [2.24, 2.45) is 11.7 Å². The Labute approximate surface area is 171 Å². The Morgan fingerprint density at radius 1 is 1.48 bits per heavy atom. The monoisotopic (exact) mass is 428 g/mol. The minimum Gasteiger partial charge on any atom is -0.473 e. The highest BCUT2D eigenvalue weighted by Gasteiger charge is 2.28. The summed E-state index contributed by atoms with van der Waals surface area (Å²) < 4.78 is 44.4. The first-order chi connectivity index (χ1) is 13.8. The predicted octanol–water partition coefficient (Wildman–Crippen LogP) is 1.59. The van der Waals surface area contributed by atoms with E-state index >= 15 is 0 Å². The lowest BCUT2D eigenvalue weighted by molar-refractivity contribution is -0.125. The lowest BCUT2D eigenvalue weighted by atomic mass is 10.0. The van der Waals surface area contributed by atoms with Gasteiger partial charge >= 0.3 is 0 Å². The van der Waals surface area contributed by atoms with Crippen LogP contribution in [0.4, 0.5) is 4.39 Å². The van der Waals surface area contributed by atoms with E-state index in [1.165, 1.54) is 29.7 Å². The fourth-order valence-electron chi connectivity index (χ4n) is 2.61. The molecule has 1 aromatic heterocycles. The molecule has 10 heteroatoms. The van der Waals surface area contributed by atoms with Crippen LogP contribution in [-0.4, -0.2) is 56.4 Å². The maximum Gasteiger partial charge on any atom is 0.244 e. The average Bonchev–Trinajstić information content (AvgIpc) is 3.53. The molecule has 29 heavy (non-hydrogen) atoms. The zero-order valence-electron chi connectivity index (χ0n) is 16.8. The second-order valence-electron chi connectivity index (χ2n) is 7.10. The Kier molecular flexibility index (Phi) is 8.54. The van der Waals surface area contributed by atoms with Gasteiger partial charge in [0.15, 0.2) is 0 Å². The van der Waals surface area contributed by atoms with Crippen molar-refractivity contribution in [2.45, 2.75) is 43.5 Å². The number of ether oxygens (including phenoxy) is 1. The molecule has 0 aliphatic heterocycles. The molecular weight excluding hydrogens is 399 g/mol. The van der Waals surface area contributed by atoms with E-state index in [2.05, 4.69) is 10.3 Å². The molecule has 1 heterocycles. The quantitative estimate of drug-likeness (QED) is 0.522. The van der Waals surface area contributed by atoms with Crippen LogP contribution in [0.25, 0.3) is 0 Å². The summed E-state index contributed by atoms with van der Waals surface area (Å²) in [6.45, 7) is 2.10. The summed E-state index contributed by atoms with van der Waals surface area (Å²) in [5.41, 5.74) is 5.61. The van der Waals surface area contributed by atoms with E-state index in [0.717, 1.165) is 12.8 Å². The van der Waals surface area contributed by atoms with Crippen LogP contribution in [0.3, 0.4) is 0 Å². The number of amides is 1. The number of pyridine rings is 1. The molecule has 1 atom stereocenters. The minimum absolute atomic E-state index is 0.0110. The molecule has 1 aliphatic rings. The summed E-state index contributed by atoms with van der Waals surface area (Å²) in [7, 11) is -2.27. The van der Waals surface area contributed by atoms with Crippen LogP contribution in [0, 0.1) is 5.92 Å². The van der Waals surface area contributed by atoms with Crippen molar-refractivity contribution in [2.75, 3.05) is 26.7 Å². The molecular formula is C19H29FN4O4S. The smallest absolute Gasteiger partial charge is 0.244 e. The zero-order valence-corrected chi connectivity index (χ0v) is 17.6. The van der Waals surface area contributed by atoms with Crippen molar-refractivity contribution < 1.29 is 22.3 Å². The second-order valence-corrected chi connectivity index (χ2v) is 9.14. The van der Waals surface area contributed by atoms with Crippen molar-refractivity contribution in [3.05, 3.63) is 30.2 Å². The molecule has 8 nitrogen and oxygen atoms in total. The van der Waals surface area contributed by atoms with Gasteiger partial charge in [-0.2, -0.15) is 0 Å². The van der Waals surface area contributed by atoms with Crippen molar-refractivity contribution in [1.29, 1.82) is 0 Å². The summed E-state index contributed by atoms with van der Waals surface area (Å²) >= 11 is 0. The number of carbonyl (C=O) groups excluding carboxylic acids is 1. The van der Waals surface area contributed by atoms with Gasteiger partial charge in [-0.1, -0.05) is 6.92 Å². The van der Waals surface area contributed by atoms with Gasteiger partial charge in [-0.05, 0) is 31.7 Å². The Balaban J connectivity index is 1.93. The summed E-state index contributed by atoms with van der Waals surface area (Å²) in [4.78, 5) is 16.2. The molecule has 1 fully saturated rings. The van der Waals surface area contributed by atoms with Crippen LogP contribution >= 0.6 is 0 Å². The summed E-state index contributed by atoms with van der Waals surface area (Å²) in [6, 6.07) is 3.07. The molecule has 1 aliphatic carbocycles. The number of sulfonamides is 1. The second kappa shape index (κ2) is 10.7. The first-order valence-electron chi connectivity index (χ1n) is 9.65. The molecule has 0 aromatic carbocycles. The first-order valence-corrected chi connectivity index (χ1v) is 11.1. The third-order valence-corrected chi connectivity index (χ3v) is 6.66. The SMILES string of the molecule is CCC(CCN(C)S(=O)(=O)c1ccc(OC/C(=C/F)CN)nc1)C(=O)NC1CC1. The van der Waals surface area contributed by atoms with Gasteiger partial charge in [0, 0.05) is 43.7 Å². The van der Waals surface area contributed by atoms with Crippen LogP contribution < -0.4 is 15.8 Å². The molecule has 162 valence electrons. The van der Waals surface area contributed by atoms with Crippen molar-refractivity contribution in [1.82, 2.24) is 14.6 Å². The van der Waals surface area contributed by atoms with Gasteiger partial charge in [0.25, 0.3) is 0 Å². The third-order valence-electron chi connectivity index (χ3n) is 4.82. The third kappa shape index (κ3) is 6.76. The van der Waals surface area contributed by atoms with E-state index in [1.807, 2.05) is 6.92 Å². The van der Waals surface area contributed by atoms with Gasteiger partial charge in [-0.15, -0.1) is 0 Å². The maximum absolute atomic E-state index is 12.7. The number of rotatable bonds is 12. The average molecular weight is 429 g/mol. The number of hydrogen-bond donors (Lipinski definition) is 2. The number of nitrogens with one attached hydrogen (secondary N) is 1. The molecule has 1 unspecified atom stereocenters. The van der Waals surface area contributed by atoms with Gasteiger partial charge < -0.3 is 15.8 Å². The van der Waals surface area contributed by atoms with Crippen LogP contribution in [0.15, 0.2) is 35.1 Å². The number of halogens is 1.